The zero-order valence-corrected chi connectivity index (χ0v) is 26.4. The molecule has 0 saturated carbocycles. The monoisotopic (exact) mass is 678 g/mol. The molecule has 0 atom stereocenters. The van der Waals surface area contributed by atoms with E-state index in [0.717, 1.165) is 11.1 Å². The van der Waals surface area contributed by atoms with Gasteiger partial charge >= 0.3 is 0 Å². The number of hydrogen-bond acceptors (Lipinski definition) is 12. The number of aromatic hydroxyl groups is 8. The smallest absolute Gasteiger partial charge is 0.168 e. The summed E-state index contributed by atoms with van der Waals surface area (Å²) >= 11 is 0. The zero-order valence-electron chi connectivity index (χ0n) is 25.6. The third-order valence-corrected chi connectivity index (χ3v) is 8.78. The number of nitrogens with one attached hydrogen (secondary N) is 1. The quantitative estimate of drug-likeness (QED) is 0.0893. The molecule has 0 spiro atoms. The molecule has 0 saturated heterocycles. The summed E-state index contributed by atoms with van der Waals surface area (Å²) in [4.78, 5) is 8.73. The summed E-state index contributed by atoms with van der Waals surface area (Å²) in [7, 11) is 0. The van der Waals surface area contributed by atoms with Crippen LogP contribution in [0.2, 0.25) is 0 Å². The van der Waals surface area contributed by atoms with Crippen molar-refractivity contribution in [3.63, 3.8) is 0 Å². The number of aliphatic imine (C=N–C) groups is 2. The molecule has 0 aromatic heterocycles. The molecule has 7 rings (SSSR count). The Morgan fingerprint density at radius 1 is 0.667 bits per heavy atom. The fraction of sp³-hybridized carbons (Fsp3) is 0.257. The first-order valence-corrected chi connectivity index (χ1v) is 14.7. The van der Waals surface area contributed by atoms with E-state index in [-0.39, 0.29) is 65.1 Å². The summed E-state index contributed by atoms with van der Waals surface area (Å²) in [5, 5.41) is 86.9. The molecular weight excluding hydrogens is 640 g/mol. The highest BCUT2D eigenvalue weighted by atomic mass is 35.5. The summed E-state index contributed by atoms with van der Waals surface area (Å²) in [6, 6.07) is 4.71. The van der Waals surface area contributed by atoms with Gasteiger partial charge in [-0.25, -0.2) is 0 Å². The molecule has 12 nitrogen and oxygen atoms in total. The highest BCUT2D eigenvalue weighted by Crippen LogP contribution is 2.61. The minimum absolute atomic E-state index is 0. The molecule has 3 aliphatic heterocycles. The molecule has 3 heterocycles. The lowest BCUT2D eigenvalue weighted by molar-refractivity contribution is 0.397. The van der Waals surface area contributed by atoms with Crippen molar-refractivity contribution in [1.82, 2.24) is 0 Å². The number of phenolic OH excluding ortho intramolecular Hbond substituents is 8. The molecule has 4 aromatic rings. The van der Waals surface area contributed by atoms with Crippen LogP contribution in [0.25, 0.3) is 22.3 Å². The number of hydrogen-bond donors (Lipinski definition) is 10. The molecule has 4 aromatic carbocycles. The number of phenols is 8. The predicted molar refractivity (Wildman–Crippen MR) is 189 cm³/mol. The first-order chi connectivity index (χ1) is 22.0. The third-order valence-electron chi connectivity index (χ3n) is 8.78. The number of rotatable bonds is 4. The van der Waals surface area contributed by atoms with Gasteiger partial charge in [-0.3, -0.25) is 9.98 Å². The van der Waals surface area contributed by atoms with Crippen LogP contribution in [-0.2, 0) is 25.7 Å². The fourth-order valence-corrected chi connectivity index (χ4v) is 6.44. The lowest BCUT2D eigenvalue weighted by Crippen LogP contribution is -2.02. The molecule has 48 heavy (non-hydrogen) atoms. The van der Waals surface area contributed by atoms with Crippen molar-refractivity contribution in [2.75, 3.05) is 18.4 Å². The Kier molecular flexibility index (Phi) is 9.93. The first-order valence-electron chi connectivity index (χ1n) is 14.7. The second-order valence-corrected chi connectivity index (χ2v) is 11.4. The van der Waals surface area contributed by atoms with Gasteiger partial charge in [0.25, 0.3) is 0 Å². The maximum absolute atomic E-state index is 11.3. The highest BCUT2D eigenvalue weighted by Gasteiger charge is 2.36. The Morgan fingerprint density at radius 3 is 1.90 bits per heavy atom. The van der Waals surface area contributed by atoms with Crippen LogP contribution in [0, 0.1) is 13.8 Å². The van der Waals surface area contributed by atoms with Crippen LogP contribution in [0.3, 0.4) is 0 Å². The number of fused-ring (bicyclic) bond motifs is 3. The minimum atomic E-state index is -0.531. The van der Waals surface area contributed by atoms with Crippen LogP contribution in [0.1, 0.15) is 40.8 Å². The summed E-state index contributed by atoms with van der Waals surface area (Å²) in [6.07, 6.45) is 5.33. The Labute approximate surface area is 283 Å². The van der Waals surface area contributed by atoms with Crippen LogP contribution in [0.5, 0.6) is 46.0 Å². The Balaban J connectivity index is 0.000000344. The van der Waals surface area contributed by atoms with Gasteiger partial charge in [-0.15, -0.1) is 12.4 Å². The van der Waals surface area contributed by atoms with Gasteiger partial charge < -0.3 is 51.9 Å². The van der Waals surface area contributed by atoms with Crippen molar-refractivity contribution in [2.45, 2.75) is 47.0 Å². The number of nitrogens with two attached hydrogens (primary N) is 1. The van der Waals surface area contributed by atoms with E-state index in [1.807, 2.05) is 0 Å². The summed E-state index contributed by atoms with van der Waals surface area (Å²) in [5.74, 6) is -2.72. The zero-order chi connectivity index (χ0) is 33.0. The largest absolute Gasteiger partial charge is 0.504 e. The van der Waals surface area contributed by atoms with E-state index in [1.54, 1.807) is 32.3 Å². The molecule has 11 N–H and O–H groups in total. The van der Waals surface area contributed by atoms with E-state index >= 15 is 0 Å². The van der Waals surface area contributed by atoms with Crippen molar-refractivity contribution in [3.8, 4) is 68.2 Å². The van der Waals surface area contributed by atoms with Gasteiger partial charge in [0.2, 0.25) is 0 Å². The summed E-state index contributed by atoms with van der Waals surface area (Å²) in [5.41, 5.74) is 11.1. The van der Waals surface area contributed by atoms with Gasteiger partial charge in [0.15, 0.2) is 46.0 Å². The van der Waals surface area contributed by atoms with Crippen molar-refractivity contribution in [1.29, 1.82) is 0 Å². The SMILES string of the molecule is C.Cc1c(O)c(O)c(-c2c(O)c(O)c(-c3c(O)c(O)c(C)c4c3CC=N4)c3c2CCN3)c2c1CC=N2.Cl.NCCc1ccc(O)c(O)c1. The molecule has 13 heteroatoms. The van der Waals surface area contributed by atoms with Crippen molar-refractivity contribution in [3.05, 3.63) is 51.6 Å². The van der Waals surface area contributed by atoms with E-state index in [1.165, 1.54) is 12.1 Å². The van der Waals surface area contributed by atoms with Crippen molar-refractivity contribution in [2.24, 2.45) is 15.7 Å². The van der Waals surface area contributed by atoms with Gasteiger partial charge in [0.1, 0.15) is 0 Å². The third kappa shape index (κ3) is 5.42. The Morgan fingerprint density at radius 2 is 1.23 bits per heavy atom. The van der Waals surface area contributed by atoms with Gasteiger partial charge in [-0.1, -0.05) is 13.5 Å². The number of nitrogens with zero attached hydrogens (tertiary/aromatic N) is 2. The molecule has 0 bridgehead atoms. The molecular formula is C35H39ClN4O8. The topological polar surface area (TPSA) is 225 Å². The van der Waals surface area contributed by atoms with E-state index in [9.17, 15) is 30.6 Å². The lowest BCUT2D eigenvalue weighted by Gasteiger charge is -2.23. The van der Waals surface area contributed by atoms with E-state index < -0.39 is 23.0 Å². The number of benzene rings is 4. The van der Waals surface area contributed by atoms with Crippen LogP contribution < -0.4 is 11.1 Å². The Bertz CT molecular complexity index is 2010. The maximum Gasteiger partial charge on any atom is 0.168 e. The highest BCUT2D eigenvalue weighted by molar-refractivity contribution is 6.05. The molecule has 0 radical (unpaired) electrons. The summed E-state index contributed by atoms with van der Waals surface area (Å²) in [6.45, 7) is 4.36. The van der Waals surface area contributed by atoms with Gasteiger partial charge in [-0.05, 0) is 67.6 Å². The van der Waals surface area contributed by atoms with Crippen LogP contribution in [0.4, 0.5) is 17.1 Å². The maximum atomic E-state index is 11.3. The van der Waals surface area contributed by atoms with Crippen LogP contribution >= 0.6 is 12.4 Å². The number of anilines is 1. The molecule has 3 aliphatic rings. The van der Waals surface area contributed by atoms with Crippen LogP contribution in [-0.4, -0.2) is 66.4 Å². The average molecular weight is 679 g/mol. The average Bonchev–Trinajstić information content (AvgIpc) is 3.82. The molecule has 0 fully saturated rings. The minimum Gasteiger partial charge on any atom is -0.504 e. The predicted octanol–water partition coefficient (Wildman–Crippen LogP) is 6.01. The van der Waals surface area contributed by atoms with E-state index in [4.69, 9.17) is 15.9 Å². The fourth-order valence-electron chi connectivity index (χ4n) is 6.44. The second kappa shape index (κ2) is 13.4. The molecule has 254 valence electrons. The van der Waals surface area contributed by atoms with Crippen molar-refractivity contribution >= 4 is 41.9 Å². The standard InChI is InChI=1S/C26H23N3O6.C8H11NO2.CH4.ClH/c1-9-11-3-6-28-19(11)16(25(34)21(9)30)15-13-5-8-29-20(13)17(26(35)24(15)33)14-12-4-7-27-18(12)10(2)22(31)23(14)32;9-4-3-6-1-2-7(10)8(11)5-6;;/h6-7,29-35H,3-5,8H2,1-2H3;1-2,5,10-11H,3-4,9H2;1H4;1H. The van der Waals surface area contributed by atoms with Crippen LogP contribution in [0.15, 0.2) is 28.2 Å². The van der Waals surface area contributed by atoms with E-state index in [0.29, 0.717) is 78.1 Å². The van der Waals surface area contributed by atoms with Crippen molar-refractivity contribution < 1.29 is 40.9 Å². The second-order valence-electron chi connectivity index (χ2n) is 11.4. The summed E-state index contributed by atoms with van der Waals surface area (Å²) < 4.78 is 0. The lowest BCUT2D eigenvalue weighted by atomic mass is 9.85. The van der Waals surface area contributed by atoms with Gasteiger partial charge in [-0.2, -0.15) is 0 Å². The van der Waals surface area contributed by atoms with Gasteiger partial charge in [0.05, 0.1) is 28.2 Å². The molecule has 0 unspecified atom stereocenters. The normalized spacial score (nSPS) is 13.1. The molecule has 0 amide bonds. The number of halogens is 1. The van der Waals surface area contributed by atoms with E-state index in [2.05, 4.69) is 15.3 Å². The van der Waals surface area contributed by atoms with Gasteiger partial charge in [0, 0.05) is 54.1 Å². The Hall–Kier alpha value is -5.33. The first kappa shape index (κ1) is 35.5. The molecule has 0 aliphatic carbocycles.